The van der Waals surface area contributed by atoms with Crippen molar-refractivity contribution in [2.75, 3.05) is 39.1 Å². The first-order valence-electron chi connectivity index (χ1n) is 11.1. The van der Waals surface area contributed by atoms with Gasteiger partial charge in [0.15, 0.2) is 5.65 Å². The standard InChI is InChI=1S/C23H29N7O2/c1-15(31)29-8-5-19(6-9-29)30-22-18(13-25-30)12-24-23(27-22)26-20-10-17-14-28(2)7-4-16(17)11-21(20)32-3/h10-13,19H,4-9,14H2,1-3H3,(H,24,26,27). The summed E-state index contributed by atoms with van der Waals surface area (Å²) in [6.45, 7) is 5.09. The van der Waals surface area contributed by atoms with Gasteiger partial charge in [0.2, 0.25) is 11.9 Å². The Morgan fingerprint density at radius 2 is 1.97 bits per heavy atom. The molecule has 9 heteroatoms. The number of hydrogen-bond acceptors (Lipinski definition) is 7. The van der Waals surface area contributed by atoms with Crippen LogP contribution < -0.4 is 10.1 Å². The number of nitrogens with zero attached hydrogens (tertiary/aromatic N) is 6. The number of piperidine rings is 1. The first-order valence-corrected chi connectivity index (χ1v) is 11.1. The van der Waals surface area contributed by atoms with Gasteiger partial charge in [-0.05, 0) is 49.6 Å². The number of benzene rings is 1. The van der Waals surface area contributed by atoms with Gasteiger partial charge in [-0.3, -0.25) is 4.79 Å². The number of hydrogen-bond donors (Lipinski definition) is 1. The van der Waals surface area contributed by atoms with Gasteiger partial charge in [0, 0.05) is 39.3 Å². The normalized spacial score (nSPS) is 17.4. The van der Waals surface area contributed by atoms with E-state index in [1.165, 1.54) is 11.1 Å². The fraction of sp³-hybridized carbons (Fsp3) is 0.478. The molecule has 1 saturated heterocycles. The topological polar surface area (TPSA) is 88.4 Å². The second kappa shape index (κ2) is 8.38. The SMILES string of the molecule is COc1cc2c(cc1Nc1ncc3cnn(C4CCN(C(C)=O)CC4)c3n1)CN(C)CC2. The molecule has 1 N–H and O–H groups in total. The Kier molecular flexibility index (Phi) is 5.42. The highest BCUT2D eigenvalue weighted by Gasteiger charge is 2.24. The molecule has 9 nitrogen and oxygen atoms in total. The van der Waals surface area contributed by atoms with Crippen LogP contribution in [-0.4, -0.2) is 69.2 Å². The minimum atomic E-state index is 0.132. The molecule has 1 aromatic carbocycles. The number of ether oxygens (including phenoxy) is 1. The predicted molar refractivity (Wildman–Crippen MR) is 122 cm³/mol. The lowest BCUT2D eigenvalue weighted by molar-refractivity contribution is -0.130. The smallest absolute Gasteiger partial charge is 0.229 e. The molecule has 2 aromatic heterocycles. The van der Waals surface area contributed by atoms with Gasteiger partial charge in [-0.25, -0.2) is 9.67 Å². The van der Waals surface area contributed by atoms with Crippen molar-refractivity contribution in [1.82, 2.24) is 29.5 Å². The van der Waals surface area contributed by atoms with Gasteiger partial charge >= 0.3 is 0 Å². The van der Waals surface area contributed by atoms with E-state index >= 15 is 0 Å². The van der Waals surface area contributed by atoms with Gasteiger partial charge in [-0.15, -0.1) is 0 Å². The zero-order valence-electron chi connectivity index (χ0n) is 18.8. The van der Waals surface area contributed by atoms with Crippen molar-refractivity contribution in [3.05, 3.63) is 35.7 Å². The lowest BCUT2D eigenvalue weighted by Gasteiger charge is -2.31. The molecule has 4 heterocycles. The van der Waals surface area contributed by atoms with Crippen molar-refractivity contribution in [1.29, 1.82) is 0 Å². The van der Waals surface area contributed by atoms with Gasteiger partial charge in [-0.1, -0.05) is 0 Å². The number of amides is 1. The molecular formula is C23H29N7O2. The molecular weight excluding hydrogens is 406 g/mol. The highest BCUT2D eigenvalue weighted by molar-refractivity contribution is 5.76. The summed E-state index contributed by atoms with van der Waals surface area (Å²) in [5.74, 6) is 1.44. The van der Waals surface area contributed by atoms with Gasteiger partial charge in [-0.2, -0.15) is 10.1 Å². The molecule has 0 radical (unpaired) electrons. The third-order valence-corrected chi connectivity index (χ3v) is 6.56. The summed E-state index contributed by atoms with van der Waals surface area (Å²) < 4.78 is 7.63. The number of carbonyl (C=O) groups excluding carboxylic acids is 1. The molecule has 0 saturated carbocycles. The summed E-state index contributed by atoms with van der Waals surface area (Å²) in [6.07, 6.45) is 6.38. The first kappa shape index (κ1) is 20.7. The second-order valence-corrected chi connectivity index (χ2v) is 8.73. The number of likely N-dealkylation sites (N-methyl/N-ethyl adjacent to an activating group) is 1. The van der Waals surface area contributed by atoms with Gasteiger partial charge in [0.25, 0.3) is 0 Å². The Labute approximate surface area is 187 Å². The molecule has 0 unspecified atom stereocenters. The molecule has 168 valence electrons. The van der Waals surface area contributed by atoms with Crippen LogP contribution in [0.15, 0.2) is 24.5 Å². The molecule has 0 aliphatic carbocycles. The number of nitrogens with one attached hydrogen (secondary N) is 1. The zero-order chi connectivity index (χ0) is 22.2. The van der Waals surface area contributed by atoms with Crippen molar-refractivity contribution in [3.63, 3.8) is 0 Å². The number of likely N-dealkylation sites (tertiary alicyclic amines) is 1. The van der Waals surface area contributed by atoms with E-state index < -0.39 is 0 Å². The average molecular weight is 436 g/mol. The van der Waals surface area contributed by atoms with E-state index in [2.05, 4.69) is 39.5 Å². The minimum Gasteiger partial charge on any atom is -0.495 e. The molecule has 0 spiro atoms. The summed E-state index contributed by atoms with van der Waals surface area (Å²) in [4.78, 5) is 25.2. The molecule has 0 bridgehead atoms. The number of fused-ring (bicyclic) bond motifs is 2. The third-order valence-electron chi connectivity index (χ3n) is 6.56. The maximum absolute atomic E-state index is 11.6. The maximum Gasteiger partial charge on any atom is 0.229 e. The zero-order valence-corrected chi connectivity index (χ0v) is 18.8. The van der Waals surface area contributed by atoms with Crippen molar-refractivity contribution >= 4 is 28.6 Å². The monoisotopic (exact) mass is 435 g/mol. The summed E-state index contributed by atoms with van der Waals surface area (Å²) in [6, 6.07) is 4.49. The van der Waals surface area contributed by atoms with Crippen molar-refractivity contribution in [3.8, 4) is 5.75 Å². The fourth-order valence-electron chi connectivity index (χ4n) is 4.70. The van der Waals surface area contributed by atoms with Crippen LogP contribution in [0.5, 0.6) is 5.75 Å². The number of anilines is 2. The summed E-state index contributed by atoms with van der Waals surface area (Å²) in [5, 5.41) is 8.86. The van der Waals surface area contributed by atoms with Gasteiger partial charge in [0.1, 0.15) is 5.75 Å². The Morgan fingerprint density at radius 1 is 1.16 bits per heavy atom. The molecule has 3 aromatic rings. The van der Waals surface area contributed by atoms with E-state index in [1.807, 2.05) is 15.8 Å². The van der Waals surface area contributed by atoms with Crippen LogP contribution in [0.3, 0.4) is 0 Å². The van der Waals surface area contributed by atoms with Crippen LogP contribution in [0.25, 0.3) is 11.0 Å². The van der Waals surface area contributed by atoms with E-state index in [1.54, 1.807) is 20.2 Å². The summed E-state index contributed by atoms with van der Waals surface area (Å²) in [7, 11) is 3.83. The van der Waals surface area contributed by atoms with Crippen LogP contribution in [0.1, 0.15) is 36.9 Å². The van der Waals surface area contributed by atoms with E-state index in [4.69, 9.17) is 9.72 Å². The van der Waals surface area contributed by atoms with Crippen molar-refractivity contribution < 1.29 is 9.53 Å². The fourth-order valence-corrected chi connectivity index (χ4v) is 4.70. The maximum atomic E-state index is 11.6. The largest absolute Gasteiger partial charge is 0.495 e. The average Bonchev–Trinajstić information content (AvgIpc) is 3.22. The first-order chi connectivity index (χ1) is 15.5. The van der Waals surface area contributed by atoms with Crippen LogP contribution in [-0.2, 0) is 17.8 Å². The van der Waals surface area contributed by atoms with E-state index in [9.17, 15) is 4.79 Å². The Hall–Kier alpha value is -3.20. The Morgan fingerprint density at radius 3 is 2.72 bits per heavy atom. The third kappa shape index (κ3) is 3.88. The Balaban J connectivity index is 1.42. The molecule has 2 aliphatic rings. The number of carbonyl (C=O) groups is 1. The van der Waals surface area contributed by atoms with E-state index in [0.29, 0.717) is 5.95 Å². The van der Waals surface area contributed by atoms with E-state index in [0.717, 1.165) is 67.9 Å². The summed E-state index contributed by atoms with van der Waals surface area (Å²) in [5.41, 5.74) is 4.30. The number of aromatic nitrogens is 4. The molecule has 32 heavy (non-hydrogen) atoms. The molecule has 1 fully saturated rings. The quantitative estimate of drug-likeness (QED) is 0.674. The highest BCUT2D eigenvalue weighted by atomic mass is 16.5. The van der Waals surface area contributed by atoms with Gasteiger partial charge < -0.3 is 19.9 Å². The van der Waals surface area contributed by atoms with Crippen molar-refractivity contribution in [2.24, 2.45) is 0 Å². The molecule has 0 atom stereocenters. The number of methoxy groups -OCH3 is 1. The summed E-state index contributed by atoms with van der Waals surface area (Å²) >= 11 is 0. The predicted octanol–water partition coefficient (Wildman–Crippen LogP) is 2.75. The minimum absolute atomic E-state index is 0.132. The van der Waals surface area contributed by atoms with Crippen LogP contribution in [0.2, 0.25) is 0 Å². The molecule has 5 rings (SSSR count). The lowest BCUT2D eigenvalue weighted by atomic mass is 9.99. The van der Waals surface area contributed by atoms with Crippen molar-refractivity contribution in [2.45, 2.75) is 38.8 Å². The molecule has 2 aliphatic heterocycles. The van der Waals surface area contributed by atoms with E-state index in [-0.39, 0.29) is 11.9 Å². The van der Waals surface area contributed by atoms with Crippen LogP contribution in [0, 0.1) is 0 Å². The second-order valence-electron chi connectivity index (χ2n) is 8.73. The lowest BCUT2D eigenvalue weighted by Crippen LogP contribution is -2.37. The van der Waals surface area contributed by atoms with Crippen LogP contribution in [0.4, 0.5) is 11.6 Å². The number of rotatable bonds is 4. The Bertz CT molecular complexity index is 1150. The van der Waals surface area contributed by atoms with Crippen LogP contribution >= 0.6 is 0 Å². The molecule has 1 amide bonds. The highest BCUT2D eigenvalue weighted by Crippen LogP contribution is 2.33. The van der Waals surface area contributed by atoms with Gasteiger partial charge in [0.05, 0.1) is 30.4 Å².